The molecule has 2 rings (SSSR count). The number of hydrogen-bond acceptors (Lipinski definition) is 3. The second kappa shape index (κ2) is 5.83. The minimum absolute atomic E-state index is 0.170. The molecule has 1 fully saturated rings. The molecule has 5 nitrogen and oxygen atoms in total. The van der Waals surface area contributed by atoms with Gasteiger partial charge in [0.25, 0.3) is 0 Å². The molecule has 110 valence electrons. The number of sulfonamides is 1. The molecule has 0 spiro atoms. The van der Waals surface area contributed by atoms with Crippen molar-refractivity contribution in [1.82, 2.24) is 4.31 Å². The van der Waals surface area contributed by atoms with Gasteiger partial charge in [-0.2, -0.15) is 4.31 Å². The van der Waals surface area contributed by atoms with Gasteiger partial charge in [0, 0.05) is 17.6 Å². The van der Waals surface area contributed by atoms with Crippen LogP contribution < -0.4 is 5.73 Å². The zero-order chi connectivity index (χ0) is 14.9. The SMILES string of the molecule is Cc1ccc(Br)cc1S(=O)(=O)N1CCC[C@@H](C(N)=O)C1. The number of carbonyl (C=O) groups is 1. The lowest BCUT2D eigenvalue weighted by atomic mass is 9.99. The number of amides is 1. The van der Waals surface area contributed by atoms with E-state index in [4.69, 9.17) is 5.73 Å². The number of halogens is 1. The molecular weight excluding hydrogens is 344 g/mol. The Morgan fingerprint density at radius 2 is 2.15 bits per heavy atom. The average molecular weight is 361 g/mol. The minimum Gasteiger partial charge on any atom is -0.369 e. The number of benzene rings is 1. The summed E-state index contributed by atoms with van der Waals surface area (Å²) < 4.78 is 27.4. The van der Waals surface area contributed by atoms with Crippen molar-refractivity contribution in [3.8, 4) is 0 Å². The van der Waals surface area contributed by atoms with Crippen molar-refractivity contribution in [3.63, 3.8) is 0 Å². The van der Waals surface area contributed by atoms with E-state index < -0.39 is 21.8 Å². The van der Waals surface area contributed by atoms with E-state index in [-0.39, 0.29) is 11.4 Å². The average Bonchev–Trinajstić information content (AvgIpc) is 2.41. The second-order valence-electron chi connectivity index (χ2n) is 5.01. The van der Waals surface area contributed by atoms with Crippen LogP contribution in [0.25, 0.3) is 0 Å². The van der Waals surface area contributed by atoms with Gasteiger partial charge in [0.05, 0.1) is 10.8 Å². The van der Waals surface area contributed by atoms with Crippen molar-refractivity contribution in [2.24, 2.45) is 11.7 Å². The van der Waals surface area contributed by atoms with E-state index in [1.54, 1.807) is 25.1 Å². The van der Waals surface area contributed by atoms with Gasteiger partial charge in [0.15, 0.2) is 0 Å². The maximum absolute atomic E-state index is 12.7. The highest BCUT2D eigenvalue weighted by Crippen LogP contribution is 2.27. The number of hydrogen-bond donors (Lipinski definition) is 1. The largest absolute Gasteiger partial charge is 0.369 e. The van der Waals surface area contributed by atoms with Crippen molar-refractivity contribution in [2.45, 2.75) is 24.7 Å². The summed E-state index contributed by atoms with van der Waals surface area (Å²) in [6, 6.07) is 5.15. The summed E-state index contributed by atoms with van der Waals surface area (Å²) in [5.41, 5.74) is 5.99. The number of nitrogens with two attached hydrogens (primary N) is 1. The van der Waals surface area contributed by atoms with Gasteiger partial charge in [-0.05, 0) is 37.5 Å². The van der Waals surface area contributed by atoms with Crippen LogP contribution in [0, 0.1) is 12.8 Å². The maximum Gasteiger partial charge on any atom is 0.243 e. The smallest absolute Gasteiger partial charge is 0.243 e. The predicted octanol–water partition coefficient (Wildman–Crippen LogP) is 1.64. The van der Waals surface area contributed by atoms with Gasteiger partial charge in [-0.3, -0.25) is 4.79 Å². The Balaban J connectivity index is 2.35. The fraction of sp³-hybridized carbons (Fsp3) is 0.462. The van der Waals surface area contributed by atoms with Gasteiger partial charge in [-0.25, -0.2) is 8.42 Å². The van der Waals surface area contributed by atoms with Crippen LogP contribution in [0.4, 0.5) is 0 Å². The van der Waals surface area contributed by atoms with Crippen LogP contribution in [0.1, 0.15) is 18.4 Å². The number of nitrogens with zero attached hydrogens (tertiary/aromatic N) is 1. The molecule has 0 saturated carbocycles. The summed E-state index contributed by atoms with van der Waals surface area (Å²) in [6.45, 7) is 2.36. The van der Waals surface area contributed by atoms with E-state index in [2.05, 4.69) is 15.9 Å². The predicted molar refractivity (Wildman–Crippen MR) is 79.6 cm³/mol. The molecule has 2 N–H and O–H groups in total. The van der Waals surface area contributed by atoms with Crippen molar-refractivity contribution >= 4 is 31.9 Å². The van der Waals surface area contributed by atoms with Gasteiger partial charge in [0.2, 0.25) is 15.9 Å². The Morgan fingerprint density at radius 3 is 2.80 bits per heavy atom. The van der Waals surface area contributed by atoms with Gasteiger partial charge >= 0.3 is 0 Å². The first kappa shape index (κ1) is 15.5. The van der Waals surface area contributed by atoms with E-state index in [0.29, 0.717) is 29.4 Å². The lowest BCUT2D eigenvalue weighted by Gasteiger charge is -2.30. The Bertz CT molecular complexity index is 631. The molecule has 1 atom stereocenters. The fourth-order valence-electron chi connectivity index (χ4n) is 2.38. The minimum atomic E-state index is -3.59. The molecule has 0 radical (unpaired) electrons. The number of carbonyl (C=O) groups excluding carboxylic acids is 1. The fourth-order valence-corrected chi connectivity index (χ4v) is 4.67. The Hall–Kier alpha value is -0.920. The van der Waals surface area contributed by atoms with Crippen LogP contribution in [0.3, 0.4) is 0 Å². The first-order chi connectivity index (χ1) is 9.32. The molecular formula is C13H17BrN2O3S. The zero-order valence-corrected chi connectivity index (χ0v) is 13.6. The highest BCUT2D eigenvalue weighted by Gasteiger charge is 2.33. The number of piperidine rings is 1. The monoisotopic (exact) mass is 360 g/mol. The molecule has 1 aromatic carbocycles. The summed E-state index contributed by atoms with van der Waals surface area (Å²) in [5.74, 6) is -0.832. The third-order valence-corrected chi connectivity index (χ3v) is 6.05. The Kier molecular flexibility index (Phi) is 4.51. The highest BCUT2D eigenvalue weighted by molar-refractivity contribution is 9.10. The van der Waals surface area contributed by atoms with E-state index in [1.165, 1.54) is 4.31 Å². The quantitative estimate of drug-likeness (QED) is 0.889. The molecule has 1 aromatic rings. The first-order valence-corrected chi connectivity index (χ1v) is 8.61. The van der Waals surface area contributed by atoms with E-state index in [1.807, 2.05) is 0 Å². The molecule has 20 heavy (non-hydrogen) atoms. The van der Waals surface area contributed by atoms with Gasteiger partial charge in [-0.15, -0.1) is 0 Å². The third-order valence-electron chi connectivity index (χ3n) is 3.55. The lowest BCUT2D eigenvalue weighted by Crippen LogP contribution is -2.44. The zero-order valence-electron chi connectivity index (χ0n) is 11.2. The number of rotatable bonds is 3. The van der Waals surface area contributed by atoms with Gasteiger partial charge in [0.1, 0.15) is 0 Å². The van der Waals surface area contributed by atoms with E-state index in [0.717, 1.165) is 0 Å². The van der Waals surface area contributed by atoms with Crippen molar-refractivity contribution in [1.29, 1.82) is 0 Å². The van der Waals surface area contributed by atoms with Crippen LogP contribution in [-0.4, -0.2) is 31.7 Å². The van der Waals surface area contributed by atoms with Crippen molar-refractivity contribution < 1.29 is 13.2 Å². The summed E-state index contributed by atoms with van der Waals surface area (Å²) in [6.07, 6.45) is 1.30. The number of aryl methyl sites for hydroxylation is 1. The summed E-state index contributed by atoms with van der Waals surface area (Å²) in [5, 5.41) is 0. The van der Waals surface area contributed by atoms with Crippen LogP contribution in [0.2, 0.25) is 0 Å². The Morgan fingerprint density at radius 1 is 1.45 bits per heavy atom. The summed E-state index contributed by atoms with van der Waals surface area (Å²) in [7, 11) is -3.59. The van der Waals surface area contributed by atoms with Crippen LogP contribution in [0.5, 0.6) is 0 Å². The van der Waals surface area contributed by atoms with Crippen LogP contribution >= 0.6 is 15.9 Å². The molecule has 1 aliphatic rings. The van der Waals surface area contributed by atoms with E-state index in [9.17, 15) is 13.2 Å². The topological polar surface area (TPSA) is 80.5 Å². The molecule has 1 heterocycles. The Labute approximate surface area is 127 Å². The molecule has 1 aliphatic heterocycles. The normalized spacial score (nSPS) is 20.8. The van der Waals surface area contributed by atoms with Gasteiger partial charge in [-0.1, -0.05) is 22.0 Å². The second-order valence-corrected chi connectivity index (χ2v) is 7.84. The molecule has 1 amide bonds. The molecule has 0 unspecified atom stereocenters. The first-order valence-electron chi connectivity index (χ1n) is 6.38. The summed E-state index contributed by atoms with van der Waals surface area (Å²) >= 11 is 3.29. The third kappa shape index (κ3) is 3.05. The van der Waals surface area contributed by atoms with Crippen molar-refractivity contribution in [3.05, 3.63) is 28.2 Å². The molecule has 1 saturated heterocycles. The van der Waals surface area contributed by atoms with Gasteiger partial charge < -0.3 is 5.73 Å². The number of primary amides is 1. The standard InChI is InChI=1S/C13H17BrN2O3S/c1-9-4-5-11(14)7-12(9)20(18,19)16-6-2-3-10(8-16)13(15)17/h4-5,7,10H,2-3,6,8H2,1H3,(H2,15,17)/t10-/m1/s1. The lowest BCUT2D eigenvalue weighted by molar-refractivity contribution is -0.122. The molecule has 0 aliphatic carbocycles. The molecule has 0 aromatic heterocycles. The molecule has 7 heteroatoms. The summed E-state index contributed by atoms with van der Waals surface area (Å²) in [4.78, 5) is 11.6. The van der Waals surface area contributed by atoms with Crippen LogP contribution in [0.15, 0.2) is 27.6 Å². The van der Waals surface area contributed by atoms with Crippen molar-refractivity contribution in [2.75, 3.05) is 13.1 Å². The maximum atomic E-state index is 12.7. The van der Waals surface area contributed by atoms with E-state index >= 15 is 0 Å². The molecule has 0 bridgehead atoms. The highest BCUT2D eigenvalue weighted by atomic mass is 79.9. The van der Waals surface area contributed by atoms with Crippen LogP contribution in [-0.2, 0) is 14.8 Å².